The van der Waals surface area contributed by atoms with E-state index in [1.807, 2.05) is 13.0 Å². The Morgan fingerprint density at radius 3 is 2.83 bits per heavy atom. The quantitative estimate of drug-likeness (QED) is 0.648. The van der Waals surface area contributed by atoms with Gasteiger partial charge in [0.1, 0.15) is 11.4 Å². The van der Waals surface area contributed by atoms with Crippen molar-refractivity contribution in [3.8, 4) is 0 Å². The minimum absolute atomic E-state index is 0.0822. The smallest absolute Gasteiger partial charge is 0.292 e. The van der Waals surface area contributed by atoms with Gasteiger partial charge in [-0.05, 0) is 30.2 Å². The molecule has 0 fully saturated rings. The third-order valence-electron chi connectivity index (χ3n) is 2.70. The molecule has 0 radical (unpaired) electrons. The van der Waals surface area contributed by atoms with Gasteiger partial charge in [0.2, 0.25) is 0 Å². The van der Waals surface area contributed by atoms with E-state index in [2.05, 4.69) is 5.32 Å². The topological polar surface area (TPSA) is 68.3 Å². The lowest BCUT2D eigenvalue weighted by Gasteiger charge is -2.07. The maximum absolute atomic E-state index is 10.9. The molecule has 0 saturated carbocycles. The molecule has 0 unspecified atom stereocenters. The largest absolute Gasteiger partial charge is 0.467 e. The summed E-state index contributed by atoms with van der Waals surface area (Å²) in [7, 11) is 0. The Morgan fingerprint density at radius 2 is 2.22 bits per heavy atom. The summed E-state index contributed by atoms with van der Waals surface area (Å²) in [5.41, 5.74) is 1.66. The Morgan fingerprint density at radius 1 is 1.39 bits per heavy atom. The van der Waals surface area contributed by atoms with Gasteiger partial charge in [-0.1, -0.05) is 13.0 Å². The fraction of sp³-hybridized carbons (Fsp3) is 0.231. The molecule has 0 bridgehead atoms. The normalized spacial score (nSPS) is 10.3. The van der Waals surface area contributed by atoms with Crippen LogP contribution in [-0.4, -0.2) is 4.92 Å². The summed E-state index contributed by atoms with van der Waals surface area (Å²) >= 11 is 0. The van der Waals surface area contributed by atoms with Gasteiger partial charge in [-0.25, -0.2) is 0 Å². The van der Waals surface area contributed by atoms with Gasteiger partial charge in [-0.2, -0.15) is 0 Å². The molecule has 0 atom stereocenters. The molecule has 0 aliphatic heterocycles. The van der Waals surface area contributed by atoms with E-state index in [4.69, 9.17) is 4.42 Å². The predicted molar refractivity (Wildman–Crippen MR) is 68.5 cm³/mol. The molecule has 0 aliphatic rings. The second-order valence-electron chi connectivity index (χ2n) is 3.90. The predicted octanol–water partition coefficient (Wildman–Crippen LogP) is 3.36. The van der Waals surface area contributed by atoms with E-state index in [1.54, 1.807) is 24.5 Å². The number of rotatable bonds is 5. The first kappa shape index (κ1) is 12.2. The maximum Gasteiger partial charge on any atom is 0.292 e. The van der Waals surface area contributed by atoms with Crippen molar-refractivity contribution >= 4 is 11.4 Å². The SMILES string of the molecule is CCc1ccc([N+](=O)[O-])c(NCc2ccco2)c1. The zero-order valence-corrected chi connectivity index (χ0v) is 10.1. The Balaban J connectivity index is 2.20. The van der Waals surface area contributed by atoms with Crippen molar-refractivity contribution in [2.24, 2.45) is 0 Å². The molecule has 2 aromatic rings. The number of nitro groups is 1. The molecule has 1 heterocycles. The van der Waals surface area contributed by atoms with Gasteiger partial charge in [0, 0.05) is 6.07 Å². The van der Waals surface area contributed by atoms with Crippen LogP contribution in [0.2, 0.25) is 0 Å². The van der Waals surface area contributed by atoms with Gasteiger partial charge in [0.25, 0.3) is 5.69 Å². The van der Waals surface area contributed by atoms with E-state index in [9.17, 15) is 10.1 Å². The van der Waals surface area contributed by atoms with Gasteiger partial charge in [0.15, 0.2) is 0 Å². The molecular formula is C13H14N2O3. The lowest BCUT2D eigenvalue weighted by atomic mass is 10.1. The number of hydrogen-bond donors (Lipinski definition) is 1. The molecule has 5 nitrogen and oxygen atoms in total. The number of nitrogens with one attached hydrogen (secondary N) is 1. The Hall–Kier alpha value is -2.30. The second-order valence-corrected chi connectivity index (χ2v) is 3.90. The van der Waals surface area contributed by atoms with Crippen molar-refractivity contribution in [2.75, 3.05) is 5.32 Å². The van der Waals surface area contributed by atoms with E-state index in [0.29, 0.717) is 12.2 Å². The van der Waals surface area contributed by atoms with Crippen molar-refractivity contribution in [3.63, 3.8) is 0 Å². The number of nitro benzene ring substituents is 1. The first-order valence-corrected chi connectivity index (χ1v) is 5.74. The minimum Gasteiger partial charge on any atom is -0.467 e. The average Bonchev–Trinajstić information content (AvgIpc) is 2.88. The van der Waals surface area contributed by atoms with Crippen LogP contribution in [0.3, 0.4) is 0 Å². The number of aryl methyl sites for hydroxylation is 1. The highest BCUT2D eigenvalue weighted by atomic mass is 16.6. The minimum atomic E-state index is -0.385. The zero-order chi connectivity index (χ0) is 13.0. The van der Waals surface area contributed by atoms with Crippen LogP contribution in [0.25, 0.3) is 0 Å². The van der Waals surface area contributed by atoms with Crippen LogP contribution in [0.15, 0.2) is 41.0 Å². The molecule has 5 heteroatoms. The van der Waals surface area contributed by atoms with Gasteiger partial charge < -0.3 is 9.73 Å². The summed E-state index contributed by atoms with van der Waals surface area (Å²) in [6.45, 7) is 2.44. The van der Waals surface area contributed by atoms with Crippen molar-refractivity contribution in [1.29, 1.82) is 0 Å². The Labute approximate surface area is 105 Å². The van der Waals surface area contributed by atoms with Gasteiger partial charge in [0.05, 0.1) is 17.7 Å². The molecule has 18 heavy (non-hydrogen) atoms. The molecule has 1 aromatic carbocycles. The maximum atomic E-state index is 10.9. The van der Waals surface area contributed by atoms with Crippen LogP contribution < -0.4 is 5.32 Å². The summed E-state index contributed by atoms with van der Waals surface area (Å²) in [6.07, 6.45) is 2.42. The highest BCUT2D eigenvalue weighted by molar-refractivity contribution is 5.62. The average molecular weight is 246 g/mol. The van der Waals surface area contributed by atoms with Crippen molar-refractivity contribution in [1.82, 2.24) is 0 Å². The molecule has 0 spiro atoms. The van der Waals surface area contributed by atoms with E-state index >= 15 is 0 Å². The summed E-state index contributed by atoms with van der Waals surface area (Å²) in [5, 5.41) is 14.0. The van der Waals surface area contributed by atoms with E-state index < -0.39 is 0 Å². The molecule has 94 valence electrons. The van der Waals surface area contributed by atoms with E-state index in [0.717, 1.165) is 17.7 Å². The summed E-state index contributed by atoms with van der Waals surface area (Å²) in [6, 6.07) is 8.72. The molecule has 0 aliphatic carbocycles. The Bertz CT molecular complexity index is 535. The third kappa shape index (κ3) is 2.68. The van der Waals surface area contributed by atoms with Crippen LogP contribution in [0.5, 0.6) is 0 Å². The van der Waals surface area contributed by atoms with E-state index in [1.165, 1.54) is 6.07 Å². The van der Waals surface area contributed by atoms with Crippen molar-refractivity contribution in [3.05, 3.63) is 58.0 Å². The third-order valence-corrected chi connectivity index (χ3v) is 2.70. The number of furan rings is 1. The fourth-order valence-electron chi connectivity index (χ4n) is 1.70. The second kappa shape index (κ2) is 5.35. The number of anilines is 1. The molecule has 0 amide bonds. The molecule has 1 N–H and O–H groups in total. The molecule has 2 rings (SSSR count). The summed E-state index contributed by atoms with van der Waals surface area (Å²) in [4.78, 5) is 10.5. The molecular weight excluding hydrogens is 232 g/mol. The van der Waals surface area contributed by atoms with Gasteiger partial charge in [-0.15, -0.1) is 0 Å². The summed E-state index contributed by atoms with van der Waals surface area (Å²) in [5.74, 6) is 0.742. The highest BCUT2D eigenvalue weighted by Gasteiger charge is 2.13. The lowest BCUT2D eigenvalue weighted by Crippen LogP contribution is -2.02. The van der Waals surface area contributed by atoms with Crippen molar-refractivity contribution < 1.29 is 9.34 Å². The van der Waals surface area contributed by atoms with Gasteiger partial charge >= 0.3 is 0 Å². The van der Waals surface area contributed by atoms with Crippen LogP contribution in [-0.2, 0) is 13.0 Å². The van der Waals surface area contributed by atoms with Gasteiger partial charge in [-0.3, -0.25) is 10.1 Å². The monoisotopic (exact) mass is 246 g/mol. The van der Waals surface area contributed by atoms with Crippen LogP contribution in [0, 0.1) is 10.1 Å². The standard InChI is InChI=1S/C13H14N2O3/c1-2-10-5-6-13(15(16)17)12(8-10)14-9-11-4-3-7-18-11/h3-8,14H,2,9H2,1H3. The molecule has 1 aromatic heterocycles. The first-order chi connectivity index (χ1) is 8.70. The highest BCUT2D eigenvalue weighted by Crippen LogP contribution is 2.26. The zero-order valence-electron chi connectivity index (χ0n) is 10.1. The van der Waals surface area contributed by atoms with E-state index in [-0.39, 0.29) is 10.6 Å². The number of hydrogen-bond acceptors (Lipinski definition) is 4. The van der Waals surface area contributed by atoms with Crippen LogP contribution in [0.4, 0.5) is 11.4 Å². The lowest BCUT2D eigenvalue weighted by molar-refractivity contribution is -0.384. The fourth-order valence-corrected chi connectivity index (χ4v) is 1.70. The number of nitrogens with zero attached hydrogens (tertiary/aromatic N) is 1. The Kier molecular flexibility index (Phi) is 3.62. The van der Waals surface area contributed by atoms with Crippen LogP contribution in [0.1, 0.15) is 18.2 Å². The first-order valence-electron chi connectivity index (χ1n) is 5.74. The molecule has 0 saturated heterocycles. The van der Waals surface area contributed by atoms with Crippen molar-refractivity contribution in [2.45, 2.75) is 19.9 Å². The van der Waals surface area contributed by atoms with Crippen LogP contribution >= 0.6 is 0 Å². The summed E-state index contributed by atoms with van der Waals surface area (Å²) < 4.78 is 5.18. The number of benzene rings is 1.